The molecule has 2 aromatic carbocycles. The van der Waals surface area contributed by atoms with E-state index in [1.165, 1.54) is 0 Å². The predicted molar refractivity (Wildman–Crippen MR) is 119 cm³/mol. The molecule has 0 bridgehead atoms. The van der Waals surface area contributed by atoms with Crippen LogP contribution in [-0.4, -0.2) is 30.6 Å². The highest BCUT2D eigenvalue weighted by Gasteiger charge is 2.42. The molecular weight excluding hydrogens is 380 g/mol. The van der Waals surface area contributed by atoms with Gasteiger partial charge in [0.25, 0.3) is 5.91 Å². The number of carbonyl (C=O) groups is 1. The van der Waals surface area contributed by atoms with Crippen LogP contribution in [0.5, 0.6) is 5.75 Å². The minimum absolute atomic E-state index is 0.214. The van der Waals surface area contributed by atoms with E-state index in [9.17, 15) is 4.79 Å². The van der Waals surface area contributed by atoms with Gasteiger partial charge in [0.1, 0.15) is 11.4 Å². The molecule has 1 aliphatic carbocycles. The van der Waals surface area contributed by atoms with Crippen LogP contribution < -0.4 is 26.4 Å². The second-order valence-corrected chi connectivity index (χ2v) is 7.52. The van der Waals surface area contributed by atoms with Crippen molar-refractivity contribution in [3.63, 3.8) is 0 Å². The number of hydrogen-bond donors (Lipinski definition) is 3. The van der Waals surface area contributed by atoms with Crippen molar-refractivity contribution < 1.29 is 9.53 Å². The maximum atomic E-state index is 12.8. The van der Waals surface area contributed by atoms with Gasteiger partial charge < -0.3 is 21.5 Å². The van der Waals surface area contributed by atoms with Crippen LogP contribution in [0.25, 0.3) is 0 Å². The summed E-state index contributed by atoms with van der Waals surface area (Å²) in [5.41, 5.74) is 13.6. The number of benzene rings is 2. The van der Waals surface area contributed by atoms with E-state index < -0.39 is 5.66 Å². The summed E-state index contributed by atoms with van der Waals surface area (Å²) in [7, 11) is 1.54. The van der Waals surface area contributed by atoms with Gasteiger partial charge in [0.15, 0.2) is 0 Å². The fourth-order valence-corrected chi connectivity index (χ4v) is 4.25. The standard InChI is InChI=1S/C22H26N6O2/c1-30-18-11-4-3-10-17(18)19(29)25-15-8-7-9-16(14-15)28-21(24)26-20(23)27-22(28)12-5-2-6-13-22/h3-4,7-11,14H,2,5-6,12-13H2,1H3,(H,25,29)(H4,23,24,26,27). The molecule has 8 heteroatoms. The van der Waals surface area contributed by atoms with Gasteiger partial charge in [-0.05, 0) is 56.0 Å². The van der Waals surface area contributed by atoms with Gasteiger partial charge in [-0.2, -0.15) is 4.99 Å². The molecule has 0 saturated heterocycles. The maximum absolute atomic E-state index is 12.8. The van der Waals surface area contributed by atoms with E-state index in [1.807, 2.05) is 35.2 Å². The molecule has 0 atom stereocenters. The van der Waals surface area contributed by atoms with E-state index in [0.717, 1.165) is 37.8 Å². The lowest BCUT2D eigenvalue weighted by Gasteiger charge is -2.45. The van der Waals surface area contributed by atoms with Crippen LogP contribution >= 0.6 is 0 Å². The van der Waals surface area contributed by atoms with Crippen molar-refractivity contribution in [3.8, 4) is 5.75 Å². The van der Waals surface area contributed by atoms with Gasteiger partial charge in [-0.15, -0.1) is 0 Å². The molecule has 8 nitrogen and oxygen atoms in total. The molecule has 1 saturated carbocycles. The van der Waals surface area contributed by atoms with Crippen molar-refractivity contribution in [1.29, 1.82) is 0 Å². The number of para-hydroxylation sites is 1. The number of guanidine groups is 2. The van der Waals surface area contributed by atoms with E-state index in [2.05, 4.69) is 10.3 Å². The van der Waals surface area contributed by atoms with Gasteiger partial charge in [0, 0.05) is 11.4 Å². The number of methoxy groups -OCH3 is 1. The van der Waals surface area contributed by atoms with Crippen molar-refractivity contribution in [3.05, 3.63) is 54.1 Å². The number of anilines is 2. The van der Waals surface area contributed by atoms with E-state index in [1.54, 1.807) is 25.3 Å². The van der Waals surface area contributed by atoms with Crippen LogP contribution in [0.2, 0.25) is 0 Å². The Balaban J connectivity index is 1.64. The van der Waals surface area contributed by atoms with Gasteiger partial charge in [0.05, 0.1) is 12.7 Å². The molecule has 4 rings (SSSR count). The first-order chi connectivity index (χ1) is 14.5. The zero-order valence-electron chi connectivity index (χ0n) is 17.0. The number of nitrogens with one attached hydrogen (secondary N) is 1. The van der Waals surface area contributed by atoms with E-state index >= 15 is 0 Å². The zero-order valence-corrected chi connectivity index (χ0v) is 17.0. The minimum Gasteiger partial charge on any atom is -0.496 e. The van der Waals surface area contributed by atoms with Crippen molar-refractivity contribution in [2.75, 3.05) is 17.3 Å². The Morgan fingerprint density at radius 3 is 2.63 bits per heavy atom. The van der Waals surface area contributed by atoms with Crippen LogP contribution in [0.15, 0.2) is 58.5 Å². The molecular formula is C22H26N6O2. The van der Waals surface area contributed by atoms with Crippen LogP contribution in [0, 0.1) is 0 Å². The summed E-state index contributed by atoms with van der Waals surface area (Å²) in [4.78, 5) is 23.6. The predicted octanol–water partition coefficient (Wildman–Crippen LogP) is 3.06. The first-order valence-corrected chi connectivity index (χ1v) is 10.1. The third kappa shape index (κ3) is 3.68. The molecule has 156 valence electrons. The lowest BCUT2D eigenvalue weighted by atomic mass is 9.87. The summed E-state index contributed by atoms with van der Waals surface area (Å²) in [5.74, 6) is 0.799. The molecule has 0 unspecified atom stereocenters. The number of hydrogen-bond acceptors (Lipinski definition) is 7. The summed E-state index contributed by atoms with van der Waals surface area (Å²) in [6.45, 7) is 0. The zero-order chi connectivity index (χ0) is 21.1. The molecule has 1 spiro atoms. The summed E-state index contributed by atoms with van der Waals surface area (Å²) in [6.07, 6.45) is 4.95. The fraction of sp³-hybridized carbons (Fsp3) is 0.318. The number of ether oxygens (including phenoxy) is 1. The molecule has 30 heavy (non-hydrogen) atoms. The van der Waals surface area contributed by atoms with Gasteiger partial charge in [-0.3, -0.25) is 9.69 Å². The molecule has 1 aliphatic heterocycles. The maximum Gasteiger partial charge on any atom is 0.259 e. The Bertz CT molecular complexity index is 1010. The summed E-state index contributed by atoms with van der Waals surface area (Å²) < 4.78 is 5.29. The lowest BCUT2D eigenvalue weighted by molar-refractivity contribution is 0.102. The average Bonchev–Trinajstić information content (AvgIpc) is 2.74. The average molecular weight is 406 g/mol. The number of aliphatic imine (C=N–C) groups is 2. The summed E-state index contributed by atoms with van der Waals surface area (Å²) >= 11 is 0. The Morgan fingerprint density at radius 2 is 1.87 bits per heavy atom. The monoisotopic (exact) mass is 406 g/mol. The molecule has 1 fully saturated rings. The van der Waals surface area contributed by atoms with Gasteiger partial charge in [-0.1, -0.05) is 24.6 Å². The van der Waals surface area contributed by atoms with Gasteiger partial charge in [-0.25, -0.2) is 4.99 Å². The molecule has 5 N–H and O–H groups in total. The van der Waals surface area contributed by atoms with E-state index in [4.69, 9.17) is 21.2 Å². The van der Waals surface area contributed by atoms with Crippen molar-refractivity contribution in [2.45, 2.75) is 37.8 Å². The van der Waals surface area contributed by atoms with Crippen LogP contribution in [0.3, 0.4) is 0 Å². The number of rotatable bonds is 4. The quantitative estimate of drug-likeness (QED) is 0.721. The summed E-state index contributed by atoms with van der Waals surface area (Å²) in [6, 6.07) is 14.6. The Morgan fingerprint density at radius 1 is 1.10 bits per heavy atom. The summed E-state index contributed by atoms with van der Waals surface area (Å²) in [5, 5.41) is 2.94. The SMILES string of the molecule is COc1ccccc1C(=O)Nc1cccc(N2C(N)=NC(N)=NC23CCCCC3)c1. The third-order valence-electron chi connectivity index (χ3n) is 5.57. The Labute approximate surface area is 175 Å². The largest absolute Gasteiger partial charge is 0.496 e. The van der Waals surface area contributed by atoms with E-state index in [0.29, 0.717) is 23.0 Å². The molecule has 0 radical (unpaired) electrons. The smallest absolute Gasteiger partial charge is 0.259 e. The first-order valence-electron chi connectivity index (χ1n) is 10.1. The molecule has 1 heterocycles. The van der Waals surface area contributed by atoms with Crippen LogP contribution in [0.1, 0.15) is 42.5 Å². The Kier molecular flexibility index (Phi) is 5.31. The highest BCUT2D eigenvalue weighted by atomic mass is 16.5. The van der Waals surface area contributed by atoms with Crippen LogP contribution in [0.4, 0.5) is 11.4 Å². The third-order valence-corrected chi connectivity index (χ3v) is 5.57. The van der Waals surface area contributed by atoms with Gasteiger partial charge in [0.2, 0.25) is 11.9 Å². The molecule has 1 amide bonds. The lowest BCUT2D eigenvalue weighted by Crippen LogP contribution is -2.58. The molecule has 2 aromatic rings. The topological polar surface area (TPSA) is 118 Å². The Hall–Kier alpha value is -3.55. The number of amides is 1. The highest BCUT2D eigenvalue weighted by molar-refractivity contribution is 6.08. The minimum atomic E-state index is -0.528. The van der Waals surface area contributed by atoms with Gasteiger partial charge >= 0.3 is 0 Å². The van der Waals surface area contributed by atoms with E-state index in [-0.39, 0.29) is 11.9 Å². The van der Waals surface area contributed by atoms with Crippen molar-refractivity contribution >= 4 is 29.2 Å². The molecule has 0 aromatic heterocycles. The van der Waals surface area contributed by atoms with Crippen molar-refractivity contribution in [2.24, 2.45) is 21.5 Å². The molecule has 2 aliphatic rings. The highest BCUT2D eigenvalue weighted by Crippen LogP contribution is 2.40. The number of nitrogens with two attached hydrogens (primary N) is 2. The fourth-order valence-electron chi connectivity index (χ4n) is 4.25. The number of nitrogens with zero attached hydrogens (tertiary/aromatic N) is 3. The first kappa shape index (κ1) is 19.8. The second kappa shape index (κ2) is 8.06. The number of carbonyl (C=O) groups excluding carboxylic acids is 1. The van der Waals surface area contributed by atoms with Crippen LogP contribution in [-0.2, 0) is 0 Å². The van der Waals surface area contributed by atoms with Crippen molar-refractivity contribution in [1.82, 2.24) is 0 Å². The normalized spacial score (nSPS) is 17.8. The second-order valence-electron chi connectivity index (χ2n) is 7.52.